The molecule has 1 aliphatic carbocycles. The number of thiophene rings is 1. The van der Waals surface area contributed by atoms with Crippen LogP contribution in [-0.4, -0.2) is 20.2 Å². The van der Waals surface area contributed by atoms with E-state index >= 15 is 0 Å². The van der Waals surface area contributed by atoms with Crippen LogP contribution in [0.25, 0.3) is 92.7 Å². The average molecular weight is 802 g/mol. The maximum atomic E-state index is 5.29. The molecule has 0 saturated carbocycles. The molecule has 1 aliphatic heterocycles. The average Bonchev–Trinajstić information content (AvgIpc) is 3.88. The number of allylic oxidation sites excluding steroid dienone is 3. The topological polar surface area (TPSA) is 38.7 Å². The molecule has 282 valence electrons. The van der Waals surface area contributed by atoms with Crippen molar-refractivity contribution in [1.82, 2.24) is 15.0 Å². The van der Waals surface area contributed by atoms with Gasteiger partial charge in [-0.15, -0.1) is 23.1 Å². The summed E-state index contributed by atoms with van der Waals surface area (Å²) in [6.07, 6.45) is 6.74. The molecular formula is C55H35N3S2. The standard InChI is InChI=1S/C55H35N3S2/c1-4-14-34(15-5-1)37-22-12-23-41(28-37)54-56-53(36-18-8-3-9-19-36)57-55(58-54)43-24-13-25-48-51(43)45-30-40(26-27-47(45)59-48)42-31-44(35-16-6-2-7-17-35)52-46-29-38-20-10-11-21-39(38)32-49(46)60-50(52)33-42/h1-33,48,51H. The fourth-order valence-corrected chi connectivity index (χ4v) is 11.5. The molecule has 2 aliphatic rings. The predicted octanol–water partition coefficient (Wildman–Crippen LogP) is 14.9. The number of benzene rings is 8. The lowest BCUT2D eigenvalue weighted by Crippen LogP contribution is -2.15. The fraction of sp³-hybridized carbons (Fsp3) is 0.0364. The Labute approximate surface area is 356 Å². The second-order valence-electron chi connectivity index (χ2n) is 15.5. The summed E-state index contributed by atoms with van der Waals surface area (Å²) in [5.74, 6) is 2.14. The number of fused-ring (bicyclic) bond motifs is 7. The van der Waals surface area contributed by atoms with Gasteiger partial charge in [-0.1, -0.05) is 158 Å². The van der Waals surface area contributed by atoms with Crippen molar-refractivity contribution < 1.29 is 0 Å². The third-order valence-corrected chi connectivity index (χ3v) is 14.3. The second kappa shape index (κ2) is 14.4. The summed E-state index contributed by atoms with van der Waals surface area (Å²) < 4.78 is 2.61. The molecule has 0 spiro atoms. The maximum absolute atomic E-state index is 5.29. The number of hydrogen-bond donors (Lipinski definition) is 0. The van der Waals surface area contributed by atoms with Gasteiger partial charge in [0.25, 0.3) is 0 Å². The Morgan fingerprint density at radius 3 is 1.85 bits per heavy atom. The Kier molecular flexibility index (Phi) is 8.43. The monoisotopic (exact) mass is 801 g/mol. The van der Waals surface area contributed by atoms with Crippen LogP contribution in [0, 0.1) is 0 Å². The zero-order valence-corrected chi connectivity index (χ0v) is 34.0. The molecule has 0 radical (unpaired) electrons. The highest BCUT2D eigenvalue weighted by molar-refractivity contribution is 8.00. The van der Waals surface area contributed by atoms with Crippen molar-refractivity contribution >= 4 is 59.6 Å². The molecule has 3 nitrogen and oxygen atoms in total. The van der Waals surface area contributed by atoms with Crippen molar-refractivity contribution in [2.75, 3.05) is 0 Å². The van der Waals surface area contributed by atoms with E-state index in [4.69, 9.17) is 15.0 Å². The van der Waals surface area contributed by atoms with Gasteiger partial charge in [-0.3, -0.25) is 0 Å². The Morgan fingerprint density at radius 1 is 0.433 bits per heavy atom. The highest BCUT2D eigenvalue weighted by Crippen LogP contribution is 2.54. The van der Waals surface area contributed by atoms with E-state index in [2.05, 4.69) is 176 Å². The Hall–Kier alpha value is -6.92. The highest BCUT2D eigenvalue weighted by Gasteiger charge is 2.38. The SMILES string of the molecule is C1=CC2Sc3ccc(-c4cc(-c5ccccc5)c5c(c4)sc4cc6ccccc6cc45)cc3C2C(c2nc(-c3ccccc3)nc(-c3cccc(-c4ccccc4)c3)n2)=C1. The molecule has 2 unspecified atom stereocenters. The molecule has 5 heteroatoms. The van der Waals surface area contributed by atoms with Gasteiger partial charge >= 0.3 is 0 Å². The first-order chi connectivity index (χ1) is 29.7. The minimum Gasteiger partial charge on any atom is -0.208 e. The van der Waals surface area contributed by atoms with Gasteiger partial charge in [0.15, 0.2) is 17.5 Å². The smallest absolute Gasteiger partial charge is 0.164 e. The Bertz CT molecular complexity index is 3350. The lowest BCUT2D eigenvalue weighted by Gasteiger charge is -2.23. The largest absolute Gasteiger partial charge is 0.208 e. The summed E-state index contributed by atoms with van der Waals surface area (Å²) >= 11 is 3.82. The van der Waals surface area contributed by atoms with Crippen molar-refractivity contribution in [3.8, 4) is 56.2 Å². The van der Waals surface area contributed by atoms with Crippen LogP contribution >= 0.6 is 23.1 Å². The number of thioether (sulfide) groups is 1. The maximum Gasteiger partial charge on any atom is 0.164 e. The third kappa shape index (κ3) is 6.09. The van der Waals surface area contributed by atoms with Gasteiger partial charge in [-0.05, 0) is 92.2 Å². The molecule has 12 rings (SSSR count). The van der Waals surface area contributed by atoms with Gasteiger partial charge in [0.05, 0.1) is 0 Å². The lowest BCUT2D eigenvalue weighted by atomic mass is 9.83. The second-order valence-corrected chi connectivity index (χ2v) is 17.8. The zero-order chi connectivity index (χ0) is 39.6. The van der Waals surface area contributed by atoms with Crippen LogP contribution in [0.15, 0.2) is 205 Å². The summed E-state index contributed by atoms with van der Waals surface area (Å²) in [5.41, 5.74) is 11.6. The quantitative estimate of drug-likeness (QED) is 0.168. The van der Waals surface area contributed by atoms with Crippen LogP contribution in [0.2, 0.25) is 0 Å². The lowest BCUT2D eigenvalue weighted by molar-refractivity contribution is 0.876. The van der Waals surface area contributed by atoms with Gasteiger partial charge in [0, 0.05) is 52.9 Å². The molecular weight excluding hydrogens is 767 g/mol. The van der Waals surface area contributed by atoms with Gasteiger partial charge in [0.1, 0.15) is 0 Å². The van der Waals surface area contributed by atoms with Crippen LogP contribution in [0.3, 0.4) is 0 Å². The summed E-state index contributed by atoms with van der Waals surface area (Å²) in [6.45, 7) is 0. The molecule has 60 heavy (non-hydrogen) atoms. The zero-order valence-electron chi connectivity index (χ0n) is 32.4. The van der Waals surface area contributed by atoms with Crippen molar-refractivity contribution in [3.63, 3.8) is 0 Å². The molecule has 0 amide bonds. The molecule has 2 aromatic heterocycles. The molecule has 0 fully saturated rings. The molecule has 8 aromatic carbocycles. The minimum absolute atomic E-state index is 0.0820. The van der Waals surface area contributed by atoms with Crippen LogP contribution in [-0.2, 0) is 0 Å². The van der Waals surface area contributed by atoms with E-state index in [1.54, 1.807) is 0 Å². The van der Waals surface area contributed by atoms with Crippen molar-refractivity contribution in [1.29, 1.82) is 0 Å². The van der Waals surface area contributed by atoms with Crippen LogP contribution in [0.1, 0.15) is 17.3 Å². The number of rotatable bonds is 6. The molecule has 2 atom stereocenters. The summed E-state index contributed by atoms with van der Waals surface area (Å²) in [7, 11) is 0. The van der Waals surface area contributed by atoms with E-state index in [0.29, 0.717) is 17.5 Å². The van der Waals surface area contributed by atoms with E-state index in [9.17, 15) is 0 Å². The van der Waals surface area contributed by atoms with Crippen LogP contribution < -0.4 is 0 Å². The minimum atomic E-state index is 0.0820. The summed E-state index contributed by atoms with van der Waals surface area (Å²) in [5, 5.41) is 5.41. The van der Waals surface area contributed by atoms with E-state index in [-0.39, 0.29) is 11.2 Å². The fourth-order valence-electron chi connectivity index (χ4n) is 8.97. The van der Waals surface area contributed by atoms with Crippen molar-refractivity contribution in [2.45, 2.75) is 16.1 Å². The van der Waals surface area contributed by atoms with Crippen LogP contribution in [0.4, 0.5) is 0 Å². The predicted molar refractivity (Wildman–Crippen MR) is 253 cm³/mol. The number of aromatic nitrogens is 3. The van der Waals surface area contributed by atoms with Gasteiger partial charge in [0.2, 0.25) is 0 Å². The van der Waals surface area contributed by atoms with E-state index in [1.165, 1.54) is 63.7 Å². The first-order valence-electron chi connectivity index (χ1n) is 20.3. The normalized spacial score (nSPS) is 15.6. The third-order valence-electron chi connectivity index (χ3n) is 11.9. The molecule has 0 saturated heterocycles. The highest BCUT2D eigenvalue weighted by atomic mass is 32.2. The molecule has 0 N–H and O–H groups in total. The first-order valence-corrected chi connectivity index (χ1v) is 22.0. The van der Waals surface area contributed by atoms with E-state index in [0.717, 1.165) is 27.8 Å². The van der Waals surface area contributed by atoms with E-state index in [1.807, 2.05) is 47.4 Å². The van der Waals surface area contributed by atoms with Gasteiger partial charge in [-0.2, -0.15) is 0 Å². The van der Waals surface area contributed by atoms with Crippen molar-refractivity contribution in [2.24, 2.45) is 0 Å². The summed E-state index contributed by atoms with van der Waals surface area (Å²) in [6, 6.07) is 65.4. The Morgan fingerprint density at radius 2 is 1.07 bits per heavy atom. The molecule has 3 heterocycles. The molecule has 10 aromatic rings. The Balaban J connectivity index is 0.991. The number of hydrogen-bond acceptors (Lipinski definition) is 5. The van der Waals surface area contributed by atoms with E-state index < -0.39 is 0 Å². The summed E-state index contributed by atoms with van der Waals surface area (Å²) in [4.78, 5) is 16.9. The first kappa shape index (κ1) is 35.1. The van der Waals surface area contributed by atoms with Crippen molar-refractivity contribution in [3.05, 3.63) is 212 Å². The van der Waals surface area contributed by atoms with Gasteiger partial charge in [-0.25, -0.2) is 15.0 Å². The number of nitrogens with zero attached hydrogens (tertiary/aromatic N) is 3. The van der Waals surface area contributed by atoms with Gasteiger partial charge < -0.3 is 0 Å². The van der Waals surface area contributed by atoms with Crippen LogP contribution in [0.5, 0.6) is 0 Å². The molecule has 0 bridgehead atoms.